The number of aryl methyl sites for hydroxylation is 2. The Balaban J connectivity index is 1.77. The summed E-state index contributed by atoms with van der Waals surface area (Å²) in [6.45, 7) is 2.02. The van der Waals surface area contributed by atoms with Gasteiger partial charge in [0, 0.05) is 18.0 Å². The molecule has 2 heterocycles. The zero-order chi connectivity index (χ0) is 21.4. The number of fused-ring (bicyclic) bond motifs is 2. The molecule has 0 bridgehead atoms. The molecule has 4 aromatic rings. The van der Waals surface area contributed by atoms with Gasteiger partial charge >= 0.3 is 0 Å². The predicted octanol–water partition coefficient (Wildman–Crippen LogP) is 3.71. The van der Waals surface area contributed by atoms with Crippen molar-refractivity contribution in [1.29, 1.82) is 0 Å². The van der Waals surface area contributed by atoms with Crippen LogP contribution < -0.4 is 19.5 Å². The Labute approximate surface area is 173 Å². The molecular formula is C22H22N4O4. The third-order valence-electron chi connectivity index (χ3n) is 5.00. The number of para-hydroxylation sites is 1. The van der Waals surface area contributed by atoms with Gasteiger partial charge in [0.2, 0.25) is 5.75 Å². The second kappa shape index (κ2) is 7.55. The van der Waals surface area contributed by atoms with Crippen LogP contribution >= 0.6 is 0 Å². The molecule has 0 aliphatic rings. The van der Waals surface area contributed by atoms with Crippen LogP contribution in [-0.2, 0) is 7.05 Å². The first kappa shape index (κ1) is 19.5. The fraction of sp³-hybridized carbons (Fsp3) is 0.227. The number of anilines is 1. The van der Waals surface area contributed by atoms with Gasteiger partial charge in [-0.05, 0) is 30.7 Å². The third kappa shape index (κ3) is 3.16. The Morgan fingerprint density at radius 1 is 1.03 bits per heavy atom. The van der Waals surface area contributed by atoms with Crippen molar-refractivity contribution < 1.29 is 19.0 Å². The number of aromatic nitrogens is 3. The molecule has 0 radical (unpaired) electrons. The minimum atomic E-state index is -0.349. The van der Waals surface area contributed by atoms with E-state index in [0.717, 1.165) is 21.9 Å². The first-order chi connectivity index (χ1) is 14.5. The van der Waals surface area contributed by atoms with Gasteiger partial charge in [-0.15, -0.1) is 0 Å². The number of rotatable bonds is 5. The van der Waals surface area contributed by atoms with E-state index in [4.69, 9.17) is 19.2 Å². The Bertz CT molecular complexity index is 1250. The van der Waals surface area contributed by atoms with E-state index in [1.54, 1.807) is 23.9 Å². The summed E-state index contributed by atoms with van der Waals surface area (Å²) in [6, 6.07) is 11.2. The first-order valence-electron chi connectivity index (χ1n) is 9.31. The SMILES string of the molecule is COc1cc(C(=O)Nc2nn(C)c3nc4c(C)cccc4cc23)cc(OC)c1OC. The molecule has 4 rings (SSSR count). The molecule has 0 aliphatic carbocycles. The summed E-state index contributed by atoms with van der Waals surface area (Å²) in [5.74, 6) is 1.30. The van der Waals surface area contributed by atoms with Gasteiger partial charge in [0.15, 0.2) is 23.0 Å². The molecule has 0 unspecified atom stereocenters. The first-order valence-corrected chi connectivity index (χ1v) is 9.31. The highest BCUT2D eigenvalue weighted by Gasteiger charge is 2.19. The van der Waals surface area contributed by atoms with E-state index in [-0.39, 0.29) is 5.91 Å². The highest BCUT2D eigenvalue weighted by Crippen LogP contribution is 2.38. The lowest BCUT2D eigenvalue weighted by atomic mass is 10.1. The quantitative estimate of drug-likeness (QED) is 0.544. The minimum absolute atomic E-state index is 0.349. The highest BCUT2D eigenvalue weighted by atomic mass is 16.5. The summed E-state index contributed by atoms with van der Waals surface area (Å²) in [5, 5.41) is 9.09. The van der Waals surface area contributed by atoms with Crippen LogP contribution in [0, 0.1) is 6.92 Å². The third-order valence-corrected chi connectivity index (χ3v) is 5.00. The number of benzene rings is 2. The summed E-state index contributed by atoms with van der Waals surface area (Å²) in [5.41, 5.74) is 3.04. The van der Waals surface area contributed by atoms with E-state index in [9.17, 15) is 4.79 Å². The number of nitrogens with one attached hydrogen (secondary N) is 1. The van der Waals surface area contributed by atoms with E-state index < -0.39 is 0 Å². The molecule has 0 atom stereocenters. The maximum absolute atomic E-state index is 13.0. The van der Waals surface area contributed by atoms with Crippen LogP contribution in [0.2, 0.25) is 0 Å². The number of carbonyl (C=O) groups is 1. The minimum Gasteiger partial charge on any atom is -0.493 e. The Kier molecular flexibility index (Phi) is 4.91. The fourth-order valence-electron chi connectivity index (χ4n) is 3.49. The predicted molar refractivity (Wildman–Crippen MR) is 115 cm³/mol. The molecule has 0 saturated heterocycles. The van der Waals surface area contributed by atoms with E-state index in [1.165, 1.54) is 21.3 Å². The second-order valence-corrected chi connectivity index (χ2v) is 6.85. The molecule has 1 N–H and O–H groups in total. The van der Waals surface area contributed by atoms with Gasteiger partial charge in [0.05, 0.1) is 32.2 Å². The van der Waals surface area contributed by atoms with Crippen LogP contribution in [-0.4, -0.2) is 42.0 Å². The van der Waals surface area contributed by atoms with Crippen LogP contribution in [0.5, 0.6) is 17.2 Å². The highest BCUT2D eigenvalue weighted by molar-refractivity contribution is 6.09. The summed E-state index contributed by atoms with van der Waals surface area (Å²) < 4.78 is 17.7. The van der Waals surface area contributed by atoms with Gasteiger partial charge in [-0.2, -0.15) is 5.10 Å². The van der Waals surface area contributed by atoms with Crippen molar-refractivity contribution in [3.05, 3.63) is 47.5 Å². The average Bonchev–Trinajstić information content (AvgIpc) is 3.06. The molecule has 2 aromatic heterocycles. The number of methoxy groups -OCH3 is 3. The van der Waals surface area contributed by atoms with Crippen LogP contribution in [0.1, 0.15) is 15.9 Å². The van der Waals surface area contributed by atoms with Crippen molar-refractivity contribution in [2.45, 2.75) is 6.92 Å². The van der Waals surface area contributed by atoms with Crippen molar-refractivity contribution >= 4 is 33.7 Å². The number of nitrogens with zero attached hydrogens (tertiary/aromatic N) is 3. The molecule has 0 saturated carbocycles. The Morgan fingerprint density at radius 3 is 2.37 bits per heavy atom. The Morgan fingerprint density at radius 2 is 1.73 bits per heavy atom. The van der Waals surface area contributed by atoms with Crippen LogP contribution in [0.15, 0.2) is 36.4 Å². The molecule has 0 fully saturated rings. The van der Waals surface area contributed by atoms with Gasteiger partial charge < -0.3 is 19.5 Å². The molecular weight excluding hydrogens is 384 g/mol. The smallest absolute Gasteiger partial charge is 0.257 e. The van der Waals surface area contributed by atoms with Crippen molar-refractivity contribution in [3.63, 3.8) is 0 Å². The summed E-state index contributed by atoms with van der Waals surface area (Å²) in [6.07, 6.45) is 0. The zero-order valence-corrected chi connectivity index (χ0v) is 17.4. The van der Waals surface area contributed by atoms with Crippen molar-refractivity contribution in [1.82, 2.24) is 14.8 Å². The lowest BCUT2D eigenvalue weighted by Crippen LogP contribution is -2.13. The average molecular weight is 406 g/mol. The molecule has 2 aromatic carbocycles. The van der Waals surface area contributed by atoms with Crippen molar-refractivity contribution in [3.8, 4) is 17.2 Å². The maximum atomic E-state index is 13.0. The van der Waals surface area contributed by atoms with E-state index in [2.05, 4.69) is 10.4 Å². The van der Waals surface area contributed by atoms with Gasteiger partial charge in [0.1, 0.15) is 0 Å². The van der Waals surface area contributed by atoms with Gasteiger partial charge in [0.25, 0.3) is 5.91 Å². The number of hydrogen-bond donors (Lipinski definition) is 1. The van der Waals surface area contributed by atoms with E-state index in [1.807, 2.05) is 31.2 Å². The number of ether oxygens (including phenoxy) is 3. The number of pyridine rings is 1. The molecule has 0 aliphatic heterocycles. The number of amides is 1. The van der Waals surface area contributed by atoms with Gasteiger partial charge in [-0.3, -0.25) is 4.79 Å². The second-order valence-electron chi connectivity index (χ2n) is 6.85. The number of carbonyl (C=O) groups excluding carboxylic acids is 1. The molecule has 30 heavy (non-hydrogen) atoms. The van der Waals surface area contributed by atoms with Crippen molar-refractivity contribution in [2.75, 3.05) is 26.6 Å². The Hall–Kier alpha value is -3.81. The topological polar surface area (TPSA) is 87.5 Å². The number of hydrogen-bond acceptors (Lipinski definition) is 6. The van der Waals surface area contributed by atoms with Crippen LogP contribution in [0.4, 0.5) is 5.82 Å². The standard InChI is InChI=1S/C22H22N4O4/c1-12-7-6-8-13-9-15-20(25-26(2)21(15)23-18(12)13)24-22(27)14-10-16(28-3)19(30-5)17(11-14)29-4/h6-11H,1-5H3,(H,24,25,27). The normalized spacial score (nSPS) is 11.0. The summed E-state index contributed by atoms with van der Waals surface area (Å²) >= 11 is 0. The van der Waals surface area contributed by atoms with Gasteiger partial charge in [-0.25, -0.2) is 9.67 Å². The van der Waals surface area contributed by atoms with Crippen LogP contribution in [0.3, 0.4) is 0 Å². The van der Waals surface area contributed by atoms with E-state index >= 15 is 0 Å². The summed E-state index contributed by atoms with van der Waals surface area (Å²) in [7, 11) is 6.32. The zero-order valence-electron chi connectivity index (χ0n) is 17.4. The van der Waals surface area contributed by atoms with Gasteiger partial charge in [-0.1, -0.05) is 18.2 Å². The largest absolute Gasteiger partial charge is 0.493 e. The molecule has 8 nitrogen and oxygen atoms in total. The molecule has 1 amide bonds. The molecule has 154 valence electrons. The van der Waals surface area contributed by atoms with Crippen LogP contribution in [0.25, 0.3) is 21.9 Å². The maximum Gasteiger partial charge on any atom is 0.257 e. The lowest BCUT2D eigenvalue weighted by molar-refractivity contribution is 0.102. The van der Waals surface area contributed by atoms with Crippen molar-refractivity contribution in [2.24, 2.45) is 7.05 Å². The molecule has 8 heteroatoms. The lowest BCUT2D eigenvalue weighted by Gasteiger charge is -2.13. The monoisotopic (exact) mass is 406 g/mol. The molecule has 0 spiro atoms. The van der Waals surface area contributed by atoms with E-state index in [0.29, 0.717) is 34.3 Å². The fourth-order valence-corrected chi connectivity index (χ4v) is 3.49. The summed E-state index contributed by atoms with van der Waals surface area (Å²) in [4.78, 5) is 17.7.